The zero-order valence-electron chi connectivity index (χ0n) is 15.9. The van der Waals surface area contributed by atoms with Crippen molar-refractivity contribution < 1.29 is 19.0 Å². The minimum atomic E-state index is -0.515. The van der Waals surface area contributed by atoms with E-state index in [0.717, 1.165) is 12.8 Å². The predicted octanol–water partition coefficient (Wildman–Crippen LogP) is 4.07. The van der Waals surface area contributed by atoms with Crippen LogP contribution in [0, 0.1) is 16.2 Å². The van der Waals surface area contributed by atoms with Gasteiger partial charge in [-0.2, -0.15) is 0 Å². The van der Waals surface area contributed by atoms with Crippen LogP contribution in [-0.4, -0.2) is 39.5 Å². The summed E-state index contributed by atoms with van der Waals surface area (Å²) in [5.74, 6) is -0.128. The Kier molecular flexibility index (Phi) is 8.63. The van der Waals surface area contributed by atoms with E-state index in [1.165, 1.54) is 0 Å². The van der Waals surface area contributed by atoms with Crippen molar-refractivity contribution in [3.63, 3.8) is 0 Å². The van der Waals surface area contributed by atoms with Crippen LogP contribution in [0.25, 0.3) is 0 Å². The number of ether oxygens (including phenoxy) is 3. The van der Waals surface area contributed by atoms with Crippen molar-refractivity contribution in [2.75, 3.05) is 33.5 Å². The lowest BCUT2D eigenvalue weighted by atomic mass is 9.60. The average Bonchev–Trinajstić information content (AvgIpc) is 2.40. The quantitative estimate of drug-likeness (QED) is 0.450. The summed E-state index contributed by atoms with van der Waals surface area (Å²) >= 11 is 0. The molecule has 22 heavy (non-hydrogen) atoms. The molecule has 0 heterocycles. The highest BCUT2D eigenvalue weighted by atomic mass is 16.6. The Bertz CT molecular complexity index is 330. The van der Waals surface area contributed by atoms with Gasteiger partial charge < -0.3 is 14.2 Å². The Morgan fingerprint density at radius 1 is 0.909 bits per heavy atom. The molecule has 4 nitrogen and oxygen atoms in total. The molecule has 0 saturated heterocycles. The largest absolute Gasteiger partial charge is 0.463 e. The molecule has 0 spiro atoms. The number of hydrogen-bond donors (Lipinski definition) is 0. The molecule has 0 aromatic carbocycles. The van der Waals surface area contributed by atoms with Gasteiger partial charge in [0.05, 0.1) is 25.2 Å². The maximum absolute atomic E-state index is 12.7. The predicted molar refractivity (Wildman–Crippen MR) is 89.9 cm³/mol. The lowest BCUT2D eigenvalue weighted by Gasteiger charge is -2.44. The van der Waals surface area contributed by atoms with E-state index in [-0.39, 0.29) is 16.8 Å². The standard InChI is InChI=1S/C18H36O4/c1-9-17(5,6)14-18(7,16(2,3)4)15(19)22-13-12-21-11-10-20-8/h9-14H2,1-8H3. The molecule has 0 fully saturated rings. The SMILES string of the molecule is CCC(C)(C)CC(C)(C(=O)OCCOCCOC)C(C)(C)C. The fourth-order valence-electron chi connectivity index (χ4n) is 2.32. The summed E-state index contributed by atoms with van der Waals surface area (Å²) in [5, 5.41) is 0. The Labute approximate surface area is 136 Å². The second kappa shape index (κ2) is 8.88. The monoisotopic (exact) mass is 316 g/mol. The first kappa shape index (κ1) is 21.4. The van der Waals surface area contributed by atoms with E-state index in [0.29, 0.717) is 26.4 Å². The van der Waals surface area contributed by atoms with Crippen molar-refractivity contribution in [1.82, 2.24) is 0 Å². The molecule has 0 radical (unpaired) electrons. The van der Waals surface area contributed by atoms with Crippen LogP contribution < -0.4 is 0 Å². The number of methoxy groups -OCH3 is 1. The minimum absolute atomic E-state index is 0.107. The first-order valence-corrected chi connectivity index (χ1v) is 8.24. The van der Waals surface area contributed by atoms with Crippen LogP contribution >= 0.6 is 0 Å². The van der Waals surface area contributed by atoms with E-state index in [1.54, 1.807) is 7.11 Å². The molecule has 0 bridgehead atoms. The highest BCUT2D eigenvalue weighted by Crippen LogP contribution is 2.48. The molecule has 0 saturated carbocycles. The smallest absolute Gasteiger partial charge is 0.312 e. The van der Waals surface area contributed by atoms with Gasteiger partial charge in [0.2, 0.25) is 0 Å². The first-order valence-electron chi connectivity index (χ1n) is 8.24. The molecular weight excluding hydrogens is 280 g/mol. The Balaban J connectivity index is 4.67. The van der Waals surface area contributed by atoms with E-state index >= 15 is 0 Å². The average molecular weight is 316 g/mol. The van der Waals surface area contributed by atoms with Crippen LogP contribution in [0.4, 0.5) is 0 Å². The summed E-state index contributed by atoms with van der Waals surface area (Å²) in [4.78, 5) is 12.7. The third kappa shape index (κ3) is 6.66. The van der Waals surface area contributed by atoms with Crippen LogP contribution in [-0.2, 0) is 19.0 Å². The topological polar surface area (TPSA) is 44.8 Å². The third-order valence-electron chi connectivity index (χ3n) is 4.79. The summed E-state index contributed by atoms with van der Waals surface area (Å²) in [6, 6.07) is 0. The molecule has 132 valence electrons. The van der Waals surface area contributed by atoms with Crippen LogP contribution in [0.1, 0.15) is 61.3 Å². The van der Waals surface area contributed by atoms with Gasteiger partial charge in [-0.15, -0.1) is 0 Å². The molecule has 1 unspecified atom stereocenters. The van der Waals surface area contributed by atoms with Crippen molar-refractivity contribution in [2.24, 2.45) is 16.2 Å². The Morgan fingerprint density at radius 3 is 1.91 bits per heavy atom. The second-order valence-electron chi connectivity index (χ2n) is 8.02. The first-order chi connectivity index (χ1) is 10.00. The normalized spacial score (nSPS) is 15.5. The second-order valence-corrected chi connectivity index (χ2v) is 8.02. The summed E-state index contributed by atoms with van der Waals surface area (Å²) < 4.78 is 15.7. The lowest BCUT2D eigenvalue weighted by Crippen LogP contribution is -2.45. The highest BCUT2D eigenvalue weighted by molar-refractivity contribution is 5.77. The number of carbonyl (C=O) groups is 1. The lowest BCUT2D eigenvalue weighted by molar-refractivity contribution is -0.166. The Morgan fingerprint density at radius 2 is 1.45 bits per heavy atom. The summed E-state index contributed by atoms with van der Waals surface area (Å²) in [5.41, 5.74) is -0.567. The van der Waals surface area contributed by atoms with Gasteiger partial charge in [-0.3, -0.25) is 4.79 Å². The van der Waals surface area contributed by atoms with Gasteiger partial charge in [0, 0.05) is 7.11 Å². The van der Waals surface area contributed by atoms with Gasteiger partial charge in [-0.25, -0.2) is 0 Å². The molecule has 0 aliphatic rings. The van der Waals surface area contributed by atoms with Crippen LogP contribution in [0.3, 0.4) is 0 Å². The van der Waals surface area contributed by atoms with Crippen molar-refractivity contribution in [1.29, 1.82) is 0 Å². The molecule has 0 aromatic heterocycles. The highest BCUT2D eigenvalue weighted by Gasteiger charge is 2.48. The molecule has 0 N–H and O–H groups in total. The fourth-order valence-corrected chi connectivity index (χ4v) is 2.32. The molecule has 0 rings (SSSR count). The van der Waals surface area contributed by atoms with Gasteiger partial charge in [0.1, 0.15) is 6.61 Å². The van der Waals surface area contributed by atoms with Crippen molar-refractivity contribution in [3.05, 3.63) is 0 Å². The maximum atomic E-state index is 12.7. The third-order valence-corrected chi connectivity index (χ3v) is 4.79. The van der Waals surface area contributed by atoms with Gasteiger partial charge in [-0.05, 0) is 24.2 Å². The number of carbonyl (C=O) groups excluding carboxylic acids is 1. The van der Waals surface area contributed by atoms with E-state index in [4.69, 9.17) is 14.2 Å². The van der Waals surface area contributed by atoms with Crippen molar-refractivity contribution in [2.45, 2.75) is 61.3 Å². The number of esters is 1. The molecule has 0 aliphatic heterocycles. The van der Waals surface area contributed by atoms with Gasteiger partial charge >= 0.3 is 5.97 Å². The van der Waals surface area contributed by atoms with Crippen LogP contribution in [0.15, 0.2) is 0 Å². The van der Waals surface area contributed by atoms with E-state index in [9.17, 15) is 4.79 Å². The summed E-state index contributed by atoms with van der Waals surface area (Å²) in [6.07, 6.45) is 1.84. The summed E-state index contributed by atoms with van der Waals surface area (Å²) in [7, 11) is 1.63. The van der Waals surface area contributed by atoms with Crippen LogP contribution in [0.5, 0.6) is 0 Å². The van der Waals surface area contributed by atoms with Gasteiger partial charge in [0.15, 0.2) is 0 Å². The molecule has 1 atom stereocenters. The zero-order chi connectivity index (χ0) is 17.4. The molecule has 0 amide bonds. The van der Waals surface area contributed by atoms with Gasteiger partial charge in [-0.1, -0.05) is 48.0 Å². The minimum Gasteiger partial charge on any atom is -0.463 e. The van der Waals surface area contributed by atoms with Crippen LogP contribution in [0.2, 0.25) is 0 Å². The van der Waals surface area contributed by atoms with E-state index in [2.05, 4.69) is 41.5 Å². The van der Waals surface area contributed by atoms with Crippen molar-refractivity contribution >= 4 is 5.97 Å². The van der Waals surface area contributed by atoms with E-state index in [1.807, 2.05) is 6.92 Å². The Hall–Kier alpha value is -0.610. The zero-order valence-corrected chi connectivity index (χ0v) is 15.9. The fraction of sp³-hybridized carbons (Fsp3) is 0.944. The van der Waals surface area contributed by atoms with E-state index < -0.39 is 5.41 Å². The molecule has 4 heteroatoms. The van der Waals surface area contributed by atoms with Crippen molar-refractivity contribution in [3.8, 4) is 0 Å². The molecule has 0 aliphatic carbocycles. The number of hydrogen-bond acceptors (Lipinski definition) is 4. The number of rotatable bonds is 10. The summed E-state index contributed by atoms with van der Waals surface area (Å²) in [6.45, 7) is 16.7. The molecule has 0 aromatic rings. The maximum Gasteiger partial charge on any atom is 0.312 e. The molecular formula is C18H36O4. The van der Waals surface area contributed by atoms with Gasteiger partial charge in [0.25, 0.3) is 0 Å².